The largest absolute Gasteiger partial charge is 0.480 e. The average molecular weight is 417 g/mol. The molecule has 1 aromatic carbocycles. The predicted molar refractivity (Wildman–Crippen MR) is 110 cm³/mol. The minimum absolute atomic E-state index is 0.317. The zero-order valence-electron chi connectivity index (χ0n) is 16.3. The van der Waals surface area contributed by atoms with Crippen molar-refractivity contribution in [1.82, 2.24) is 39.5 Å². The maximum absolute atomic E-state index is 14.1. The molecule has 0 radical (unpaired) electrons. The van der Waals surface area contributed by atoms with Crippen LogP contribution in [0, 0.1) is 5.82 Å². The third-order valence-corrected chi connectivity index (χ3v) is 4.81. The summed E-state index contributed by atoms with van der Waals surface area (Å²) in [5, 5.41) is 8.87. The van der Waals surface area contributed by atoms with Crippen LogP contribution in [0.15, 0.2) is 55.5 Å². The summed E-state index contributed by atoms with van der Waals surface area (Å²) in [4.78, 5) is 16.8. The second-order valence-electron chi connectivity index (χ2n) is 6.68. The zero-order valence-corrected chi connectivity index (χ0v) is 16.3. The number of methoxy groups -OCH3 is 1. The Hall–Kier alpha value is -4.41. The van der Waals surface area contributed by atoms with E-state index in [4.69, 9.17) is 10.5 Å². The summed E-state index contributed by atoms with van der Waals surface area (Å²) >= 11 is 0. The SMILES string of the molecule is COc1ncncc1-c1cn(Cc2cn(-c3ccccc3F)nn2)c2ncnc(N)c12. The fraction of sp³-hybridized carbons (Fsp3) is 0.100. The van der Waals surface area contributed by atoms with Gasteiger partial charge in [0, 0.05) is 18.0 Å². The van der Waals surface area contributed by atoms with Gasteiger partial charge in [0.2, 0.25) is 5.88 Å². The van der Waals surface area contributed by atoms with Crippen LogP contribution < -0.4 is 10.5 Å². The summed E-state index contributed by atoms with van der Waals surface area (Å²) in [7, 11) is 1.53. The number of nitrogens with two attached hydrogens (primary N) is 1. The summed E-state index contributed by atoms with van der Waals surface area (Å²) in [5.74, 6) is 0.340. The lowest BCUT2D eigenvalue weighted by atomic mass is 10.1. The molecule has 0 saturated carbocycles. The minimum atomic E-state index is -0.385. The van der Waals surface area contributed by atoms with Gasteiger partial charge < -0.3 is 15.0 Å². The first kappa shape index (κ1) is 18.6. The molecule has 0 amide bonds. The Labute approximate surface area is 175 Å². The first-order valence-electron chi connectivity index (χ1n) is 9.25. The van der Waals surface area contributed by atoms with E-state index in [1.165, 1.54) is 30.5 Å². The van der Waals surface area contributed by atoms with Crippen molar-refractivity contribution in [3.8, 4) is 22.7 Å². The van der Waals surface area contributed by atoms with Crippen LogP contribution in [0.4, 0.5) is 10.2 Å². The fourth-order valence-electron chi connectivity index (χ4n) is 3.44. The number of hydrogen-bond donors (Lipinski definition) is 1. The minimum Gasteiger partial charge on any atom is -0.480 e. The van der Waals surface area contributed by atoms with E-state index in [0.29, 0.717) is 46.2 Å². The molecule has 0 atom stereocenters. The highest BCUT2D eigenvalue weighted by Crippen LogP contribution is 2.36. The number of ether oxygens (including phenoxy) is 1. The molecule has 31 heavy (non-hydrogen) atoms. The van der Waals surface area contributed by atoms with E-state index in [-0.39, 0.29) is 5.82 Å². The Balaban J connectivity index is 1.59. The number of halogens is 1. The predicted octanol–water partition coefficient (Wildman–Crippen LogP) is 2.25. The smallest absolute Gasteiger partial charge is 0.224 e. The number of anilines is 1. The van der Waals surface area contributed by atoms with Gasteiger partial charge in [-0.1, -0.05) is 17.3 Å². The average Bonchev–Trinajstić information content (AvgIpc) is 3.40. The van der Waals surface area contributed by atoms with Crippen molar-refractivity contribution < 1.29 is 9.13 Å². The molecular formula is C20H16FN9O. The van der Waals surface area contributed by atoms with E-state index >= 15 is 0 Å². The van der Waals surface area contributed by atoms with Gasteiger partial charge in [-0.2, -0.15) is 0 Å². The summed E-state index contributed by atoms with van der Waals surface area (Å²) in [5.41, 5.74) is 9.09. The first-order chi connectivity index (χ1) is 15.2. The lowest BCUT2D eigenvalue weighted by molar-refractivity contribution is 0.398. The lowest BCUT2D eigenvalue weighted by Gasteiger charge is -2.05. The maximum atomic E-state index is 14.1. The molecule has 11 heteroatoms. The van der Waals surface area contributed by atoms with Crippen LogP contribution in [0.25, 0.3) is 27.8 Å². The van der Waals surface area contributed by atoms with E-state index in [9.17, 15) is 4.39 Å². The van der Waals surface area contributed by atoms with E-state index < -0.39 is 0 Å². The van der Waals surface area contributed by atoms with E-state index in [1.54, 1.807) is 30.6 Å². The molecule has 0 spiro atoms. The molecule has 0 aliphatic rings. The van der Waals surface area contributed by atoms with Gasteiger partial charge in [0.1, 0.15) is 41.3 Å². The molecule has 5 rings (SSSR count). The summed E-state index contributed by atoms with van der Waals surface area (Å²) in [6.45, 7) is 0.331. The number of fused-ring (bicyclic) bond motifs is 1. The molecule has 10 nitrogen and oxygen atoms in total. The number of aromatic nitrogens is 8. The van der Waals surface area contributed by atoms with Crippen molar-refractivity contribution >= 4 is 16.9 Å². The van der Waals surface area contributed by atoms with Crippen molar-refractivity contribution in [2.24, 2.45) is 0 Å². The van der Waals surface area contributed by atoms with Crippen LogP contribution in [0.3, 0.4) is 0 Å². The lowest BCUT2D eigenvalue weighted by Crippen LogP contribution is -2.01. The number of nitrogen functional groups attached to an aromatic ring is 1. The van der Waals surface area contributed by atoms with Crippen molar-refractivity contribution in [3.63, 3.8) is 0 Å². The highest BCUT2D eigenvalue weighted by Gasteiger charge is 2.19. The molecule has 0 fully saturated rings. The van der Waals surface area contributed by atoms with Gasteiger partial charge in [-0.25, -0.2) is 29.0 Å². The summed E-state index contributed by atoms with van der Waals surface area (Å²) < 4.78 is 22.7. The molecule has 4 aromatic heterocycles. The van der Waals surface area contributed by atoms with Gasteiger partial charge in [0.05, 0.1) is 30.8 Å². The number of rotatable bonds is 5. The number of benzene rings is 1. The Kier molecular flexibility index (Phi) is 4.47. The van der Waals surface area contributed by atoms with Crippen LogP contribution in [-0.4, -0.2) is 46.6 Å². The standard InChI is InChI=1S/C20H16FN9O/c1-31-20-13(6-23-10-26-20)14-9-29(19-17(14)18(22)24-11-25-19)7-12-8-30(28-27-12)16-5-3-2-4-15(16)21/h2-6,8-11H,7H2,1H3,(H2,22,24,25). The van der Waals surface area contributed by atoms with Crippen LogP contribution in [-0.2, 0) is 6.54 Å². The Morgan fingerprint density at radius 2 is 1.94 bits per heavy atom. The second-order valence-corrected chi connectivity index (χ2v) is 6.68. The van der Waals surface area contributed by atoms with Crippen molar-refractivity contribution in [2.45, 2.75) is 6.54 Å². The molecule has 0 bridgehead atoms. The monoisotopic (exact) mass is 417 g/mol. The van der Waals surface area contributed by atoms with Gasteiger partial charge in [-0.15, -0.1) is 5.10 Å². The van der Waals surface area contributed by atoms with Gasteiger partial charge in [0.25, 0.3) is 0 Å². The fourth-order valence-corrected chi connectivity index (χ4v) is 3.44. The number of hydrogen-bond acceptors (Lipinski definition) is 8. The van der Waals surface area contributed by atoms with Crippen molar-refractivity contribution in [3.05, 3.63) is 67.0 Å². The molecule has 0 aliphatic carbocycles. The van der Waals surface area contributed by atoms with Crippen molar-refractivity contribution in [1.29, 1.82) is 0 Å². The molecule has 0 unspecified atom stereocenters. The maximum Gasteiger partial charge on any atom is 0.224 e. The molecule has 0 saturated heterocycles. The van der Waals surface area contributed by atoms with Crippen LogP contribution in [0.2, 0.25) is 0 Å². The highest BCUT2D eigenvalue weighted by molar-refractivity contribution is 6.01. The van der Waals surface area contributed by atoms with Gasteiger partial charge in [-0.05, 0) is 12.1 Å². The van der Waals surface area contributed by atoms with E-state index in [1.807, 2.05) is 10.8 Å². The Morgan fingerprint density at radius 3 is 2.77 bits per heavy atom. The van der Waals surface area contributed by atoms with E-state index in [0.717, 1.165) is 5.56 Å². The first-order valence-corrected chi connectivity index (χ1v) is 9.25. The normalized spacial score (nSPS) is 11.2. The topological polar surface area (TPSA) is 122 Å². The van der Waals surface area contributed by atoms with Gasteiger partial charge in [-0.3, -0.25) is 0 Å². The van der Waals surface area contributed by atoms with Crippen LogP contribution in [0.5, 0.6) is 5.88 Å². The van der Waals surface area contributed by atoms with Crippen molar-refractivity contribution in [2.75, 3.05) is 12.8 Å². The van der Waals surface area contributed by atoms with Gasteiger partial charge >= 0.3 is 0 Å². The molecular weight excluding hydrogens is 401 g/mol. The van der Waals surface area contributed by atoms with Gasteiger partial charge in [0.15, 0.2) is 0 Å². The number of nitrogens with zero attached hydrogens (tertiary/aromatic N) is 8. The molecule has 0 aliphatic heterocycles. The molecule has 154 valence electrons. The summed E-state index contributed by atoms with van der Waals surface area (Å²) in [6, 6.07) is 6.36. The van der Waals surface area contributed by atoms with Crippen LogP contribution >= 0.6 is 0 Å². The Bertz CT molecular complexity index is 1390. The molecule has 2 N–H and O–H groups in total. The van der Waals surface area contributed by atoms with Crippen LogP contribution in [0.1, 0.15) is 5.69 Å². The Morgan fingerprint density at radius 1 is 1.06 bits per heavy atom. The summed E-state index contributed by atoms with van der Waals surface area (Å²) in [6.07, 6.45) is 7.97. The quantitative estimate of drug-likeness (QED) is 0.462. The number of para-hydroxylation sites is 1. The zero-order chi connectivity index (χ0) is 21.4. The third kappa shape index (κ3) is 3.21. The second kappa shape index (κ2) is 7.44. The van der Waals surface area contributed by atoms with E-state index in [2.05, 4.69) is 30.2 Å². The highest BCUT2D eigenvalue weighted by atomic mass is 19.1. The molecule has 5 aromatic rings. The third-order valence-electron chi connectivity index (χ3n) is 4.81. The molecule has 4 heterocycles.